The number of nitrogens with one attached hydrogen (secondary N) is 1. The van der Waals surface area contributed by atoms with Crippen molar-refractivity contribution in [3.63, 3.8) is 0 Å². The van der Waals surface area contributed by atoms with Crippen molar-refractivity contribution >= 4 is 23.2 Å². The summed E-state index contributed by atoms with van der Waals surface area (Å²) >= 11 is 0. The van der Waals surface area contributed by atoms with Crippen molar-refractivity contribution in [1.82, 2.24) is 0 Å². The molecule has 1 fully saturated rings. The third-order valence-electron chi connectivity index (χ3n) is 4.21. The molecular weight excluding hydrogens is 332 g/mol. The normalized spacial score (nSPS) is 14.0. The molecule has 0 spiro atoms. The van der Waals surface area contributed by atoms with Crippen LogP contribution in [0.15, 0.2) is 48.5 Å². The van der Waals surface area contributed by atoms with Gasteiger partial charge in [-0.15, -0.1) is 0 Å². The number of anilines is 2. The number of para-hydroxylation sites is 2. The molecule has 2 amide bonds. The average Bonchev–Trinajstić information content (AvgIpc) is 2.68. The molecule has 0 aliphatic carbocycles. The average molecular weight is 354 g/mol. The lowest BCUT2D eigenvalue weighted by Gasteiger charge is -2.26. The molecule has 0 unspecified atom stereocenters. The van der Waals surface area contributed by atoms with Crippen LogP contribution in [0.4, 0.5) is 11.4 Å². The maximum absolute atomic E-state index is 12.1. The highest BCUT2D eigenvalue weighted by molar-refractivity contribution is 5.95. The van der Waals surface area contributed by atoms with E-state index in [1.165, 1.54) is 0 Å². The molecule has 0 atom stereocenters. The zero-order chi connectivity index (χ0) is 18.4. The van der Waals surface area contributed by atoms with Gasteiger partial charge in [0, 0.05) is 24.3 Å². The standard InChI is InChI=1S/C20H22N2O4/c1-25-17-6-2-3-7-18(17)26-14-19(23)21-15-9-11-16(12-10-15)22-13-5-4-8-20(22)24/h2-3,6-7,9-12H,4-5,8,13-14H2,1H3,(H,21,23). The van der Waals surface area contributed by atoms with Crippen LogP contribution in [0.2, 0.25) is 0 Å². The molecule has 2 aromatic carbocycles. The van der Waals surface area contributed by atoms with Crippen molar-refractivity contribution in [3.8, 4) is 11.5 Å². The Morgan fingerprint density at radius 2 is 1.81 bits per heavy atom. The SMILES string of the molecule is COc1ccccc1OCC(=O)Nc1ccc(N2CCCCC2=O)cc1. The quantitative estimate of drug-likeness (QED) is 0.865. The van der Waals surface area contributed by atoms with Gasteiger partial charge in [0.15, 0.2) is 18.1 Å². The molecule has 6 nitrogen and oxygen atoms in total. The lowest BCUT2D eigenvalue weighted by molar-refractivity contribution is -0.119. The minimum absolute atomic E-state index is 0.118. The van der Waals surface area contributed by atoms with Crippen LogP contribution in [0.3, 0.4) is 0 Å². The number of nitrogens with zero attached hydrogens (tertiary/aromatic N) is 1. The van der Waals surface area contributed by atoms with Crippen molar-refractivity contribution < 1.29 is 19.1 Å². The summed E-state index contributed by atoms with van der Waals surface area (Å²) in [6.45, 7) is 0.629. The van der Waals surface area contributed by atoms with E-state index in [0.717, 1.165) is 25.1 Å². The number of piperidine rings is 1. The van der Waals surface area contributed by atoms with E-state index in [1.54, 1.807) is 36.3 Å². The van der Waals surface area contributed by atoms with E-state index < -0.39 is 0 Å². The highest BCUT2D eigenvalue weighted by Gasteiger charge is 2.19. The number of hydrogen-bond acceptors (Lipinski definition) is 4. The Hall–Kier alpha value is -3.02. The van der Waals surface area contributed by atoms with Gasteiger partial charge in [0.05, 0.1) is 7.11 Å². The molecule has 6 heteroatoms. The molecule has 2 aromatic rings. The zero-order valence-electron chi connectivity index (χ0n) is 14.7. The summed E-state index contributed by atoms with van der Waals surface area (Å²) in [4.78, 5) is 25.8. The van der Waals surface area contributed by atoms with E-state index in [0.29, 0.717) is 23.6 Å². The Bertz CT molecular complexity index is 774. The molecule has 0 aromatic heterocycles. The molecule has 1 aliphatic heterocycles. The number of methoxy groups -OCH3 is 1. The molecule has 0 bridgehead atoms. The number of ether oxygens (including phenoxy) is 2. The fraction of sp³-hybridized carbons (Fsp3) is 0.300. The summed E-state index contributed by atoms with van der Waals surface area (Å²) in [5.41, 5.74) is 1.52. The van der Waals surface area contributed by atoms with Gasteiger partial charge in [0.25, 0.3) is 5.91 Å². The summed E-state index contributed by atoms with van der Waals surface area (Å²) in [7, 11) is 1.55. The summed E-state index contributed by atoms with van der Waals surface area (Å²) in [5, 5.41) is 2.78. The third-order valence-corrected chi connectivity index (χ3v) is 4.21. The Balaban J connectivity index is 1.55. The fourth-order valence-corrected chi connectivity index (χ4v) is 2.88. The topological polar surface area (TPSA) is 67.9 Å². The van der Waals surface area contributed by atoms with E-state index in [-0.39, 0.29) is 18.4 Å². The first kappa shape index (κ1) is 17.8. The predicted molar refractivity (Wildman–Crippen MR) is 99.8 cm³/mol. The molecule has 3 rings (SSSR count). The first-order chi connectivity index (χ1) is 12.7. The maximum Gasteiger partial charge on any atom is 0.262 e. The second kappa shape index (κ2) is 8.38. The van der Waals surface area contributed by atoms with Crippen LogP contribution in [-0.4, -0.2) is 32.1 Å². The minimum Gasteiger partial charge on any atom is -0.493 e. The van der Waals surface area contributed by atoms with Crippen LogP contribution in [-0.2, 0) is 9.59 Å². The van der Waals surface area contributed by atoms with E-state index in [1.807, 2.05) is 24.3 Å². The van der Waals surface area contributed by atoms with E-state index in [2.05, 4.69) is 5.32 Å². The lowest BCUT2D eigenvalue weighted by Crippen LogP contribution is -2.35. The fourth-order valence-electron chi connectivity index (χ4n) is 2.88. The lowest BCUT2D eigenvalue weighted by atomic mass is 10.1. The van der Waals surface area contributed by atoms with Gasteiger partial charge >= 0.3 is 0 Å². The third kappa shape index (κ3) is 4.33. The molecule has 1 heterocycles. The number of rotatable bonds is 6. The number of carbonyl (C=O) groups excluding carboxylic acids is 2. The van der Waals surface area contributed by atoms with Gasteiger partial charge < -0.3 is 19.7 Å². The smallest absolute Gasteiger partial charge is 0.262 e. The molecule has 0 saturated carbocycles. The van der Waals surface area contributed by atoms with Crippen LogP contribution in [0.1, 0.15) is 19.3 Å². The highest BCUT2D eigenvalue weighted by Crippen LogP contribution is 2.26. The second-order valence-electron chi connectivity index (χ2n) is 6.04. The number of carbonyl (C=O) groups is 2. The van der Waals surface area contributed by atoms with Crippen molar-refractivity contribution in [2.75, 3.05) is 30.5 Å². The van der Waals surface area contributed by atoms with Crippen LogP contribution < -0.4 is 19.7 Å². The molecule has 1 N–H and O–H groups in total. The van der Waals surface area contributed by atoms with Crippen molar-refractivity contribution in [1.29, 1.82) is 0 Å². The minimum atomic E-state index is -0.266. The van der Waals surface area contributed by atoms with Crippen LogP contribution in [0.25, 0.3) is 0 Å². The van der Waals surface area contributed by atoms with Gasteiger partial charge in [-0.05, 0) is 49.2 Å². The maximum atomic E-state index is 12.1. The monoisotopic (exact) mass is 354 g/mol. The van der Waals surface area contributed by atoms with E-state index in [4.69, 9.17) is 9.47 Å². The van der Waals surface area contributed by atoms with Gasteiger partial charge in [0.1, 0.15) is 0 Å². The van der Waals surface area contributed by atoms with Crippen molar-refractivity contribution in [3.05, 3.63) is 48.5 Å². The molecule has 1 saturated heterocycles. The molecule has 1 aliphatic rings. The Labute approximate surface area is 152 Å². The molecule has 26 heavy (non-hydrogen) atoms. The van der Waals surface area contributed by atoms with Crippen LogP contribution in [0.5, 0.6) is 11.5 Å². The number of benzene rings is 2. The highest BCUT2D eigenvalue weighted by atomic mass is 16.5. The summed E-state index contributed by atoms with van der Waals surface area (Å²) < 4.78 is 10.7. The predicted octanol–water partition coefficient (Wildman–Crippen LogP) is 3.23. The Kier molecular flexibility index (Phi) is 5.73. The van der Waals surface area contributed by atoms with Gasteiger partial charge in [0.2, 0.25) is 5.91 Å². The first-order valence-electron chi connectivity index (χ1n) is 8.63. The van der Waals surface area contributed by atoms with Crippen LogP contribution >= 0.6 is 0 Å². The molecule has 0 radical (unpaired) electrons. The second-order valence-corrected chi connectivity index (χ2v) is 6.04. The summed E-state index contributed by atoms with van der Waals surface area (Å²) in [6, 6.07) is 14.4. The number of amides is 2. The van der Waals surface area contributed by atoms with Crippen molar-refractivity contribution in [2.24, 2.45) is 0 Å². The molecule has 136 valence electrons. The zero-order valence-corrected chi connectivity index (χ0v) is 14.7. The van der Waals surface area contributed by atoms with Crippen LogP contribution in [0, 0.1) is 0 Å². The van der Waals surface area contributed by atoms with E-state index >= 15 is 0 Å². The van der Waals surface area contributed by atoms with Gasteiger partial charge in [-0.25, -0.2) is 0 Å². The summed E-state index contributed by atoms with van der Waals surface area (Å²) in [6.07, 6.45) is 2.57. The van der Waals surface area contributed by atoms with Gasteiger partial charge in [-0.2, -0.15) is 0 Å². The first-order valence-corrected chi connectivity index (χ1v) is 8.63. The number of hydrogen-bond donors (Lipinski definition) is 1. The summed E-state index contributed by atoms with van der Waals surface area (Å²) in [5.74, 6) is 0.982. The molecular formula is C20H22N2O4. The van der Waals surface area contributed by atoms with Crippen molar-refractivity contribution in [2.45, 2.75) is 19.3 Å². The van der Waals surface area contributed by atoms with Gasteiger partial charge in [-0.1, -0.05) is 12.1 Å². The Morgan fingerprint density at radius 3 is 2.50 bits per heavy atom. The van der Waals surface area contributed by atoms with E-state index in [9.17, 15) is 9.59 Å². The van der Waals surface area contributed by atoms with Gasteiger partial charge in [-0.3, -0.25) is 9.59 Å². The Morgan fingerprint density at radius 1 is 1.08 bits per heavy atom. The largest absolute Gasteiger partial charge is 0.493 e.